The molecule has 0 aliphatic rings. The first-order chi connectivity index (χ1) is 18.5. The van der Waals surface area contributed by atoms with Gasteiger partial charge in [0.05, 0.1) is 24.3 Å². The summed E-state index contributed by atoms with van der Waals surface area (Å²) in [5.41, 5.74) is 0.932. The van der Waals surface area contributed by atoms with Gasteiger partial charge in [-0.1, -0.05) is 53.4 Å². The molecule has 0 radical (unpaired) electrons. The summed E-state index contributed by atoms with van der Waals surface area (Å²) in [6.07, 6.45) is 13.6. The molecule has 0 saturated carbocycles. The average Bonchev–Trinajstić information content (AvgIpc) is 2.94. The standard InChI is InChI=1S/C32H56N2O4/c1-5-9-21-33(22-10-6-2)25-13-15-27-37-31(35)29-17-19-30(20-18-29)32(36)38-28-16-14-26-34(23-11-7-3)24-12-8-4/h17-20H,5-16,21-28H2,1-4H3. The molecule has 0 spiro atoms. The van der Waals surface area contributed by atoms with Crippen molar-refractivity contribution in [2.75, 3.05) is 52.5 Å². The van der Waals surface area contributed by atoms with Gasteiger partial charge in [0.2, 0.25) is 0 Å². The van der Waals surface area contributed by atoms with Crippen LogP contribution in [0.3, 0.4) is 0 Å². The van der Waals surface area contributed by atoms with E-state index in [0.29, 0.717) is 24.3 Å². The van der Waals surface area contributed by atoms with Crippen LogP contribution in [0.1, 0.15) is 125 Å². The van der Waals surface area contributed by atoms with Crippen LogP contribution in [0.5, 0.6) is 0 Å². The SMILES string of the molecule is CCCCN(CCCC)CCCCOC(=O)c1ccc(C(=O)OCCCCN(CCCC)CCCC)cc1. The Morgan fingerprint density at radius 1 is 0.500 bits per heavy atom. The first-order valence-electron chi connectivity index (χ1n) is 15.4. The molecule has 0 heterocycles. The number of nitrogens with zero attached hydrogens (tertiary/aromatic N) is 2. The molecule has 0 fully saturated rings. The number of unbranched alkanes of at least 4 members (excludes halogenated alkanes) is 6. The first kappa shape index (κ1) is 34.1. The Hall–Kier alpha value is -1.92. The average molecular weight is 533 g/mol. The van der Waals surface area contributed by atoms with Crippen LogP contribution in [-0.2, 0) is 9.47 Å². The van der Waals surface area contributed by atoms with Crippen LogP contribution in [0, 0.1) is 0 Å². The third-order valence-electron chi connectivity index (χ3n) is 6.87. The maximum Gasteiger partial charge on any atom is 0.338 e. The van der Waals surface area contributed by atoms with Gasteiger partial charge < -0.3 is 19.3 Å². The van der Waals surface area contributed by atoms with E-state index in [2.05, 4.69) is 37.5 Å². The molecule has 0 N–H and O–H groups in total. The molecule has 6 nitrogen and oxygen atoms in total. The molecule has 6 heteroatoms. The van der Waals surface area contributed by atoms with Crippen molar-refractivity contribution in [2.45, 2.75) is 105 Å². The number of esters is 2. The molecule has 38 heavy (non-hydrogen) atoms. The van der Waals surface area contributed by atoms with E-state index in [4.69, 9.17) is 9.47 Å². The van der Waals surface area contributed by atoms with Gasteiger partial charge >= 0.3 is 11.9 Å². The van der Waals surface area contributed by atoms with Gasteiger partial charge in [0.15, 0.2) is 0 Å². The second-order valence-electron chi connectivity index (χ2n) is 10.4. The maximum absolute atomic E-state index is 12.4. The van der Waals surface area contributed by atoms with Gasteiger partial charge in [-0.25, -0.2) is 9.59 Å². The van der Waals surface area contributed by atoms with Gasteiger partial charge in [-0.15, -0.1) is 0 Å². The molecule has 1 aromatic carbocycles. The van der Waals surface area contributed by atoms with Crippen LogP contribution in [-0.4, -0.2) is 74.2 Å². The topological polar surface area (TPSA) is 59.1 Å². The Balaban J connectivity index is 2.28. The zero-order chi connectivity index (χ0) is 27.8. The van der Waals surface area contributed by atoms with Crippen LogP contribution in [0.15, 0.2) is 24.3 Å². The molecule has 0 atom stereocenters. The molecule has 0 saturated heterocycles. The minimum Gasteiger partial charge on any atom is -0.462 e. The number of benzene rings is 1. The molecule has 218 valence electrons. The third-order valence-corrected chi connectivity index (χ3v) is 6.87. The maximum atomic E-state index is 12.4. The second kappa shape index (κ2) is 23.0. The zero-order valence-corrected chi connectivity index (χ0v) is 25.0. The van der Waals surface area contributed by atoms with Gasteiger partial charge in [0, 0.05) is 0 Å². The van der Waals surface area contributed by atoms with Gasteiger partial charge in [0.25, 0.3) is 0 Å². The summed E-state index contributed by atoms with van der Waals surface area (Å²) in [6, 6.07) is 6.59. The van der Waals surface area contributed by atoms with Gasteiger partial charge in [0.1, 0.15) is 0 Å². The Morgan fingerprint density at radius 3 is 1.08 bits per heavy atom. The van der Waals surface area contributed by atoms with Gasteiger partial charge in [-0.3, -0.25) is 0 Å². The zero-order valence-electron chi connectivity index (χ0n) is 25.0. The van der Waals surface area contributed by atoms with Crippen LogP contribution in [0.4, 0.5) is 0 Å². The highest BCUT2D eigenvalue weighted by Gasteiger charge is 2.12. The molecule has 0 amide bonds. The molecule has 0 unspecified atom stereocenters. The number of hydrogen-bond donors (Lipinski definition) is 0. The summed E-state index contributed by atoms with van der Waals surface area (Å²) < 4.78 is 10.9. The van der Waals surface area contributed by atoms with E-state index in [1.54, 1.807) is 24.3 Å². The monoisotopic (exact) mass is 532 g/mol. The lowest BCUT2D eigenvalue weighted by molar-refractivity contribution is 0.0480. The van der Waals surface area contributed by atoms with Crippen molar-refractivity contribution in [1.29, 1.82) is 0 Å². The summed E-state index contributed by atoms with van der Waals surface area (Å²) >= 11 is 0. The summed E-state index contributed by atoms with van der Waals surface area (Å²) in [6.45, 7) is 16.5. The van der Waals surface area contributed by atoms with Crippen LogP contribution >= 0.6 is 0 Å². The largest absolute Gasteiger partial charge is 0.462 e. The predicted molar refractivity (Wildman–Crippen MR) is 158 cm³/mol. The Bertz CT molecular complexity index is 646. The van der Waals surface area contributed by atoms with E-state index in [1.165, 1.54) is 51.4 Å². The molecule has 0 aliphatic carbocycles. The normalized spacial score (nSPS) is 11.3. The quantitative estimate of drug-likeness (QED) is 0.102. The molecule has 0 aromatic heterocycles. The summed E-state index contributed by atoms with van der Waals surface area (Å²) in [4.78, 5) is 29.8. The van der Waals surface area contributed by atoms with Crippen molar-refractivity contribution in [1.82, 2.24) is 9.80 Å². The highest BCUT2D eigenvalue weighted by Crippen LogP contribution is 2.10. The van der Waals surface area contributed by atoms with Crippen molar-refractivity contribution < 1.29 is 19.1 Å². The lowest BCUT2D eigenvalue weighted by atomic mass is 10.1. The van der Waals surface area contributed by atoms with Crippen molar-refractivity contribution in [2.24, 2.45) is 0 Å². The van der Waals surface area contributed by atoms with E-state index in [-0.39, 0.29) is 11.9 Å². The van der Waals surface area contributed by atoms with Crippen molar-refractivity contribution >= 4 is 11.9 Å². The fourth-order valence-corrected chi connectivity index (χ4v) is 4.31. The molecular weight excluding hydrogens is 476 g/mol. The van der Waals surface area contributed by atoms with E-state index in [1.807, 2.05) is 0 Å². The lowest BCUT2D eigenvalue weighted by Gasteiger charge is -2.21. The fraction of sp³-hybridized carbons (Fsp3) is 0.750. The first-order valence-corrected chi connectivity index (χ1v) is 15.4. The van der Waals surface area contributed by atoms with E-state index < -0.39 is 0 Å². The van der Waals surface area contributed by atoms with Crippen molar-refractivity contribution in [3.8, 4) is 0 Å². The minimum atomic E-state index is -0.338. The molecule has 1 rings (SSSR count). The number of carbonyl (C=O) groups is 2. The predicted octanol–water partition coefficient (Wildman–Crippen LogP) is 7.37. The Labute approximate surface area is 233 Å². The van der Waals surface area contributed by atoms with Gasteiger partial charge in [-0.05, 0) is 115 Å². The molecule has 0 aliphatic heterocycles. The summed E-state index contributed by atoms with van der Waals surface area (Å²) in [7, 11) is 0. The summed E-state index contributed by atoms with van der Waals surface area (Å²) in [5.74, 6) is -0.677. The van der Waals surface area contributed by atoms with Crippen molar-refractivity contribution in [3.63, 3.8) is 0 Å². The van der Waals surface area contributed by atoms with Crippen molar-refractivity contribution in [3.05, 3.63) is 35.4 Å². The number of carbonyl (C=O) groups excluding carboxylic acids is 2. The third kappa shape index (κ3) is 16.1. The van der Waals surface area contributed by atoms with E-state index in [0.717, 1.165) is 65.0 Å². The van der Waals surface area contributed by atoms with Crippen LogP contribution < -0.4 is 0 Å². The van der Waals surface area contributed by atoms with Crippen LogP contribution in [0.2, 0.25) is 0 Å². The fourth-order valence-electron chi connectivity index (χ4n) is 4.31. The Morgan fingerprint density at radius 2 is 0.789 bits per heavy atom. The number of hydrogen-bond acceptors (Lipinski definition) is 6. The highest BCUT2D eigenvalue weighted by molar-refractivity contribution is 5.93. The van der Waals surface area contributed by atoms with Gasteiger partial charge in [-0.2, -0.15) is 0 Å². The summed E-state index contributed by atoms with van der Waals surface area (Å²) in [5, 5.41) is 0. The van der Waals surface area contributed by atoms with E-state index in [9.17, 15) is 9.59 Å². The lowest BCUT2D eigenvalue weighted by Crippen LogP contribution is -2.27. The minimum absolute atomic E-state index is 0.338. The molecule has 0 bridgehead atoms. The smallest absolute Gasteiger partial charge is 0.338 e. The van der Waals surface area contributed by atoms with E-state index >= 15 is 0 Å². The highest BCUT2D eigenvalue weighted by atomic mass is 16.5. The number of ether oxygens (including phenoxy) is 2. The van der Waals surface area contributed by atoms with Crippen LogP contribution in [0.25, 0.3) is 0 Å². The second-order valence-corrected chi connectivity index (χ2v) is 10.4. The molecular formula is C32H56N2O4. The Kier molecular flexibility index (Phi) is 20.7. The number of rotatable bonds is 24. The molecule has 1 aromatic rings.